The van der Waals surface area contributed by atoms with Gasteiger partial charge in [0.25, 0.3) is 0 Å². The summed E-state index contributed by atoms with van der Waals surface area (Å²) in [6.45, 7) is 5.52. The van der Waals surface area contributed by atoms with Crippen molar-refractivity contribution in [2.45, 2.75) is 27.2 Å². The Hall–Kier alpha value is -1.06. The summed E-state index contributed by atoms with van der Waals surface area (Å²) in [5.41, 5.74) is 0.338. The van der Waals surface area contributed by atoms with Crippen molar-refractivity contribution in [3.8, 4) is 0 Å². The highest BCUT2D eigenvalue weighted by Gasteiger charge is 2.53. The molecule has 0 aromatic heterocycles. The molecule has 1 aliphatic carbocycles. The lowest BCUT2D eigenvalue weighted by molar-refractivity contribution is -0.155. The molecule has 0 saturated heterocycles. The smallest absolute Gasteiger partial charge is 0.307 e. The minimum Gasteiger partial charge on any atom is -0.481 e. The van der Waals surface area contributed by atoms with Crippen LogP contribution in [-0.4, -0.2) is 22.0 Å². The minimum absolute atomic E-state index is 0.0959. The van der Waals surface area contributed by atoms with E-state index in [1.807, 2.05) is 13.8 Å². The van der Waals surface area contributed by atoms with E-state index in [0.717, 1.165) is 0 Å². The van der Waals surface area contributed by atoms with Crippen molar-refractivity contribution >= 4 is 11.7 Å². The Morgan fingerprint density at radius 2 is 2.00 bits per heavy atom. The number of hydrogen-bond acceptors (Lipinski definition) is 3. The average molecular weight is 185 g/mol. The van der Waals surface area contributed by atoms with Crippen LogP contribution in [0.4, 0.5) is 0 Å². The van der Waals surface area contributed by atoms with E-state index >= 15 is 0 Å². The van der Waals surface area contributed by atoms with Gasteiger partial charge in [-0.2, -0.15) is 0 Å². The van der Waals surface area contributed by atoms with E-state index < -0.39 is 5.97 Å². The number of carboxylic acid groups (broad SMARTS) is 1. The number of hydrogen-bond donors (Lipinski definition) is 2. The van der Waals surface area contributed by atoms with E-state index in [1.54, 1.807) is 6.92 Å². The second kappa shape index (κ2) is 3.01. The van der Waals surface area contributed by atoms with Crippen molar-refractivity contribution in [2.75, 3.05) is 0 Å². The van der Waals surface area contributed by atoms with Crippen LogP contribution in [0, 0.1) is 17.3 Å². The molecule has 0 aliphatic heterocycles. The molecule has 1 saturated carbocycles. The number of rotatable bonds is 2. The van der Waals surface area contributed by atoms with Crippen molar-refractivity contribution < 1.29 is 15.1 Å². The zero-order chi connectivity index (χ0) is 10.2. The first-order chi connectivity index (χ1) is 5.91. The van der Waals surface area contributed by atoms with E-state index in [4.69, 9.17) is 10.3 Å². The van der Waals surface area contributed by atoms with Gasteiger partial charge in [-0.15, -0.1) is 0 Å². The standard InChI is InChI=1S/C9H15NO3/c1-5(10-13)6-4-7(8(11)12)9(6,2)3/h6-7,13H,4H2,1-3H3,(H,11,12)/b10-5-/t6-,7+/m0/s1. The van der Waals surface area contributed by atoms with E-state index in [2.05, 4.69) is 5.16 Å². The topological polar surface area (TPSA) is 69.9 Å². The number of oxime groups is 1. The number of carbonyl (C=O) groups is 1. The molecule has 2 N–H and O–H groups in total. The van der Waals surface area contributed by atoms with Gasteiger partial charge in [-0.25, -0.2) is 0 Å². The van der Waals surface area contributed by atoms with Gasteiger partial charge in [0.1, 0.15) is 0 Å². The molecule has 0 aromatic rings. The van der Waals surface area contributed by atoms with Crippen molar-refractivity contribution in [3.63, 3.8) is 0 Å². The van der Waals surface area contributed by atoms with Gasteiger partial charge in [0.2, 0.25) is 0 Å². The van der Waals surface area contributed by atoms with Crippen LogP contribution in [0.3, 0.4) is 0 Å². The van der Waals surface area contributed by atoms with Crippen molar-refractivity contribution in [2.24, 2.45) is 22.4 Å². The Balaban J connectivity index is 2.75. The van der Waals surface area contributed by atoms with E-state index in [9.17, 15) is 4.79 Å². The Bertz CT molecular complexity index is 258. The monoisotopic (exact) mass is 185 g/mol. The van der Waals surface area contributed by atoms with Gasteiger partial charge in [-0.3, -0.25) is 4.79 Å². The van der Waals surface area contributed by atoms with Gasteiger partial charge in [0, 0.05) is 5.92 Å². The molecule has 0 spiro atoms. The van der Waals surface area contributed by atoms with Crippen LogP contribution >= 0.6 is 0 Å². The zero-order valence-electron chi connectivity index (χ0n) is 8.11. The molecule has 0 bridgehead atoms. The van der Waals surface area contributed by atoms with Crippen LogP contribution < -0.4 is 0 Å². The third kappa shape index (κ3) is 1.41. The van der Waals surface area contributed by atoms with Crippen LogP contribution in [-0.2, 0) is 4.79 Å². The van der Waals surface area contributed by atoms with Gasteiger partial charge in [0.05, 0.1) is 11.6 Å². The van der Waals surface area contributed by atoms with Crippen molar-refractivity contribution in [3.05, 3.63) is 0 Å². The van der Waals surface area contributed by atoms with Gasteiger partial charge < -0.3 is 10.3 Å². The highest BCUT2D eigenvalue weighted by molar-refractivity contribution is 5.88. The maximum atomic E-state index is 10.8. The fourth-order valence-electron chi connectivity index (χ4n) is 2.12. The summed E-state index contributed by atoms with van der Waals surface area (Å²) < 4.78 is 0. The SMILES string of the molecule is C/C(=N/O)[C@@H]1C[C@H](C(=O)O)C1(C)C. The Morgan fingerprint density at radius 1 is 1.46 bits per heavy atom. The summed E-state index contributed by atoms with van der Waals surface area (Å²) in [5.74, 6) is -0.972. The Labute approximate surface area is 77.3 Å². The fourth-order valence-corrected chi connectivity index (χ4v) is 2.12. The zero-order valence-corrected chi connectivity index (χ0v) is 8.11. The van der Waals surface area contributed by atoms with Crippen molar-refractivity contribution in [1.82, 2.24) is 0 Å². The summed E-state index contributed by atoms with van der Waals surface area (Å²) in [7, 11) is 0. The third-order valence-corrected chi connectivity index (χ3v) is 3.23. The maximum Gasteiger partial charge on any atom is 0.307 e. The molecular formula is C9H15NO3. The molecule has 0 radical (unpaired) electrons. The molecule has 0 aromatic carbocycles. The van der Waals surface area contributed by atoms with Gasteiger partial charge in [0.15, 0.2) is 0 Å². The Kier molecular flexibility index (Phi) is 2.32. The first kappa shape index (κ1) is 10.0. The molecule has 13 heavy (non-hydrogen) atoms. The third-order valence-electron chi connectivity index (χ3n) is 3.23. The second-order valence-corrected chi connectivity index (χ2v) is 4.24. The summed E-state index contributed by atoms with van der Waals surface area (Å²) in [4.78, 5) is 10.8. The lowest BCUT2D eigenvalue weighted by Gasteiger charge is -2.49. The van der Waals surface area contributed by atoms with Gasteiger partial charge >= 0.3 is 5.97 Å². The maximum absolute atomic E-state index is 10.8. The largest absolute Gasteiger partial charge is 0.481 e. The van der Waals surface area contributed by atoms with Crippen LogP contribution in [0.15, 0.2) is 5.16 Å². The molecule has 0 heterocycles. The van der Waals surface area contributed by atoms with Crippen LogP contribution in [0.5, 0.6) is 0 Å². The molecule has 1 rings (SSSR count). The summed E-state index contributed by atoms with van der Waals surface area (Å²) in [6, 6.07) is 0. The predicted octanol–water partition coefficient (Wildman–Crippen LogP) is 1.58. The molecular weight excluding hydrogens is 170 g/mol. The van der Waals surface area contributed by atoms with Crippen LogP contribution in [0.1, 0.15) is 27.2 Å². The van der Waals surface area contributed by atoms with Gasteiger partial charge in [-0.05, 0) is 18.8 Å². The first-order valence-corrected chi connectivity index (χ1v) is 4.32. The number of nitrogens with zero attached hydrogens (tertiary/aromatic N) is 1. The molecule has 4 heteroatoms. The fraction of sp³-hybridized carbons (Fsp3) is 0.778. The van der Waals surface area contributed by atoms with Crippen molar-refractivity contribution in [1.29, 1.82) is 0 Å². The molecule has 1 fully saturated rings. The Morgan fingerprint density at radius 3 is 2.31 bits per heavy atom. The summed E-state index contributed by atoms with van der Waals surface area (Å²) >= 11 is 0. The second-order valence-electron chi connectivity index (χ2n) is 4.24. The molecule has 4 nitrogen and oxygen atoms in total. The highest BCUT2D eigenvalue weighted by atomic mass is 16.4. The first-order valence-electron chi connectivity index (χ1n) is 4.32. The summed E-state index contributed by atoms with van der Waals surface area (Å²) in [6.07, 6.45) is 0.582. The molecule has 0 amide bonds. The number of aliphatic carboxylic acids is 1. The highest BCUT2D eigenvalue weighted by Crippen LogP contribution is 2.51. The molecule has 0 unspecified atom stereocenters. The molecule has 1 aliphatic rings. The van der Waals surface area contributed by atoms with Crippen LogP contribution in [0.25, 0.3) is 0 Å². The van der Waals surface area contributed by atoms with Gasteiger partial charge in [-0.1, -0.05) is 19.0 Å². The molecule has 74 valence electrons. The summed E-state index contributed by atoms with van der Waals surface area (Å²) in [5, 5.41) is 20.5. The van der Waals surface area contributed by atoms with E-state index in [1.165, 1.54) is 0 Å². The lowest BCUT2D eigenvalue weighted by atomic mass is 9.53. The molecule has 2 atom stereocenters. The predicted molar refractivity (Wildman–Crippen MR) is 47.9 cm³/mol. The average Bonchev–Trinajstić information content (AvgIpc) is 2.01. The minimum atomic E-state index is -0.757. The lowest BCUT2D eigenvalue weighted by Crippen LogP contribution is -2.51. The van der Waals surface area contributed by atoms with Crippen LogP contribution in [0.2, 0.25) is 0 Å². The normalized spacial score (nSPS) is 32.4. The van der Waals surface area contributed by atoms with E-state index in [0.29, 0.717) is 12.1 Å². The van der Waals surface area contributed by atoms with E-state index in [-0.39, 0.29) is 17.3 Å². The quantitative estimate of drug-likeness (QED) is 0.390. The number of carboxylic acids is 1.